The normalized spacial score (nSPS) is 16.3. The van der Waals surface area contributed by atoms with Crippen LogP contribution in [0, 0.1) is 19.8 Å². The summed E-state index contributed by atoms with van der Waals surface area (Å²) >= 11 is 0. The molecule has 1 aromatic carbocycles. The van der Waals surface area contributed by atoms with Gasteiger partial charge in [0.05, 0.1) is 0 Å². The van der Waals surface area contributed by atoms with Crippen LogP contribution in [-0.4, -0.2) is 52.4 Å². The highest BCUT2D eigenvalue weighted by molar-refractivity contribution is 5.93. The average molecular weight is 587 g/mol. The van der Waals surface area contributed by atoms with Crippen molar-refractivity contribution >= 4 is 23.8 Å². The zero-order chi connectivity index (χ0) is 31.6. The number of ether oxygens (including phenoxy) is 1. The number of alkyl carbamates (subject to hydrolysis) is 1. The lowest BCUT2D eigenvalue weighted by Crippen LogP contribution is -2.56. The van der Waals surface area contributed by atoms with E-state index in [2.05, 4.69) is 24.5 Å². The number of nitrogens with two attached hydrogens (primary N) is 1. The summed E-state index contributed by atoms with van der Waals surface area (Å²) in [6.07, 6.45) is 5.71. The molecule has 0 aromatic heterocycles. The van der Waals surface area contributed by atoms with Crippen LogP contribution in [0.5, 0.6) is 0 Å². The maximum Gasteiger partial charge on any atom is 0.408 e. The fraction of sp³-hybridized carbons (Fsp3) is 0.697. The van der Waals surface area contributed by atoms with Gasteiger partial charge in [-0.05, 0) is 96.3 Å². The maximum atomic E-state index is 14.6. The zero-order valence-corrected chi connectivity index (χ0v) is 27.0. The molecule has 1 fully saturated rings. The van der Waals surface area contributed by atoms with Gasteiger partial charge in [-0.3, -0.25) is 14.4 Å². The Kier molecular flexibility index (Phi) is 13.3. The summed E-state index contributed by atoms with van der Waals surface area (Å²) in [7, 11) is 0. The minimum atomic E-state index is -1.11. The quantitative estimate of drug-likeness (QED) is 0.277. The first-order valence-electron chi connectivity index (χ1n) is 15.6. The second-order valence-corrected chi connectivity index (χ2v) is 13.3. The lowest BCUT2D eigenvalue weighted by atomic mass is 9.90. The van der Waals surface area contributed by atoms with E-state index in [9.17, 15) is 19.2 Å². The third kappa shape index (κ3) is 11.0. The van der Waals surface area contributed by atoms with Crippen LogP contribution in [-0.2, 0) is 19.1 Å². The van der Waals surface area contributed by atoms with Gasteiger partial charge in [0.2, 0.25) is 17.7 Å². The highest BCUT2D eigenvalue weighted by Gasteiger charge is 2.40. The smallest absolute Gasteiger partial charge is 0.408 e. The van der Waals surface area contributed by atoms with Gasteiger partial charge in [0.25, 0.3) is 0 Å². The van der Waals surface area contributed by atoms with E-state index >= 15 is 0 Å². The van der Waals surface area contributed by atoms with Crippen molar-refractivity contribution in [3.63, 3.8) is 0 Å². The second kappa shape index (κ2) is 15.9. The van der Waals surface area contributed by atoms with E-state index in [4.69, 9.17) is 10.5 Å². The summed E-state index contributed by atoms with van der Waals surface area (Å²) in [6.45, 7) is 15.3. The molecule has 9 heteroatoms. The largest absolute Gasteiger partial charge is 0.444 e. The van der Waals surface area contributed by atoms with Crippen molar-refractivity contribution in [2.45, 2.75) is 143 Å². The summed E-state index contributed by atoms with van der Waals surface area (Å²) < 4.78 is 5.46. The van der Waals surface area contributed by atoms with Gasteiger partial charge in [0.1, 0.15) is 17.7 Å². The number of benzene rings is 1. The number of hydrogen-bond donors (Lipinski definition) is 3. The Morgan fingerprint density at radius 2 is 1.57 bits per heavy atom. The van der Waals surface area contributed by atoms with E-state index in [1.54, 1.807) is 25.7 Å². The van der Waals surface area contributed by atoms with Crippen molar-refractivity contribution in [2.75, 3.05) is 0 Å². The van der Waals surface area contributed by atoms with Crippen LogP contribution in [0.3, 0.4) is 0 Å². The molecule has 42 heavy (non-hydrogen) atoms. The van der Waals surface area contributed by atoms with E-state index in [0.29, 0.717) is 12.3 Å². The van der Waals surface area contributed by atoms with Crippen LogP contribution >= 0.6 is 0 Å². The summed E-state index contributed by atoms with van der Waals surface area (Å²) in [5.74, 6) is -0.857. The highest BCUT2D eigenvalue weighted by atomic mass is 16.6. The number of carbonyl (C=O) groups is 4. The van der Waals surface area contributed by atoms with Crippen LogP contribution in [0.1, 0.15) is 122 Å². The van der Waals surface area contributed by atoms with E-state index in [1.807, 2.05) is 39.0 Å². The van der Waals surface area contributed by atoms with Gasteiger partial charge in [0, 0.05) is 18.5 Å². The molecule has 0 heterocycles. The number of amides is 4. The Balaban J connectivity index is 2.64. The Morgan fingerprint density at radius 3 is 2.10 bits per heavy atom. The van der Waals surface area contributed by atoms with E-state index in [0.717, 1.165) is 55.2 Å². The molecule has 4 N–H and O–H groups in total. The molecule has 3 unspecified atom stereocenters. The van der Waals surface area contributed by atoms with Crippen molar-refractivity contribution < 1.29 is 23.9 Å². The molecule has 0 bridgehead atoms. The summed E-state index contributed by atoms with van der Waals surface area (Å²) in [6, 6.07) is 3.53. The number of nitrogens with one attached hydrogen (secondary N) is 2. The van der Waals surface area contributed by atoms with Crippen LogP contribution in [0.15, 0.2) is 18.2 Å². The Bertz CT molecular complexity index is 1050. The first kappa shape index (κ1) is 35.1. The molecule has 1 aromatic rings. The molecule has 9 nitrogen and oxygen atoms in total. The van der Waals surface area contributed by atoms with Crippen molar-refractivity contribution in [2.24, 2.45) is 11.7 Å². The van der Waals surface area contributed by atoms with Crippen LogP contribution in [0.2, 0.25) is 0 Å². The fourth-order valence-corrected chi connectivity index (χ4v) is 5.67. The number of carbonyl (C=O) groups excluding carboxylic acids is 4. The predicted molar refractivity (Wildman–Crippen MR) is 166 cm³/mol. The molecule has 4 amide bonds. The average Bonchev–Trinajstić information content (AvgIpc) is 2.88. The molecule has 3 atom stereocenters. The van der Waals surface area contributed by atoms with Gasteiger partial charge in [-0.15, -0.1) is 0 Å². The molecule has 0 aliphatic heterocycles. The van der Waals surface area contributed by atoms with E-state index in [-0.39, 0.29) is 30.8 Å². The molecular formula is C33H54N4O5. The second-order valence-electron chi connectivity index (χ2n) is 13.3. The third-order valence-corrected chi connectivity index (χ3v) is 7.85. The topological polar surface area (TPSA) is 131 Å². The monoisotopic (exact) mass is 586 g/mol. The number of nitrogens with zero attached hydrogens (tertiary/aromatic N) is 1. The highest BCUT2D eigenvalue weighted by Crippen LogP contribution is 2.33. The Hall–Kier alpha value is -3.10. The molecule has 0 saturated heterocycles. The first-order chi connectivity index (χ1) is 19.6. The molecule has 0 spiro atoms. The number of aryl methyl sites for hydroxylation is 2. The van der Waals surface area contributed by atoms with Gasteiger partial charge in [-0.1, -0.05) is 51.3 Å². The van der Waals surface area contributed by atoms with Crippen molar-refractivity contribution in [3.8, 4) is 0 Å². The summed E-state index contributed by atoms with van der Waals surface area (Å²) in [4.78, 5) is 55.2. The summed E-state index contributed by atoms with van der Waals surface area (Å²) in [5.41, 5.74) is 7.26. The van der Waals surface area contributed by atoms with Crippen LogP contribution in [0.4, 0.5) is 4.79 Å². The lowest BCUT2D eigenvalue weighted by molar-refractivity contribution is -0.145. The number of rotatable bonds is 13. The van der Waals surface area contributed by atoms with Gasteiger partial charge < -0.3 is 26.0 Å². The Labute approximate surface area is 252 Å². The molecular weight excluding hydrogens is 532 g/mol. The van der Waals surface area contributed by atoms with Crippen molar-refractivity contribution in [1.82, 2.24) is 15.5 Å². The molecule has 1 saturated carbocycles. The minimum absolute atomic E-state index is 0.00940. The maximum absolute atomic E-state index is 14.6. The fourth-order valence-electron chi connectivity index (χ4n) is 5.67. The summed E-state index contributed by atoms with van der Waals surface area (Å²) in [5, 5.41) is 5.96. The molecule has 236 valence electrons. The number of hydrogen-bond acceptors (Lipinski definition) is 5. The lowest BCUT2D eigenvalue weighted by Gasteiger charge is -2.40. The van der Waals surface area contributed by atoms with Gasteiger partial charge in [0.15, 0.2) is 0 Å². The predicted octanol–water partition coefficient (Wildman–Crippen LogP) is 5.61. The van der Waals surface area contributed by atoms with Gasteiger partial charge in [-0.2, -0.15) is 0 Å². The third-order valence-electron chi connectivity index (χ3n) is 7.85. The number of primary amides is 1. The van der Waals surface area contributed by atoms with Crippen molar-refractivity contribution in [3.05, 3.63) is 34.9 Å². The molecule has 1 aliphatic rings. The molecule has 1 aliphatic carbocycles. The Morgan fingerprint density at radius 1 is 0.976 bits per heavy atom. The minimum Gasteiger partial charge on any atom is -0.444 e. The van der Waals surface area contributed by atoms with E-state index < -0.39 is 35.6 Å². The molecule has 0 radical (unpaired) electrons. The van der Waals surface area contributed by atoms with Gasteiger partial charge >= 0.3 is 6.09 Å². The SMILES string of the molecule is Cc1cccc(C)c1C(C(=O)NC1CCCCC1)N(C(=O)C(CCC(N)=O)NC(=O)OC(C)(C)C)C(C)CCC(C)C. The van der Waals surface area contributed by atoms with Crippen LogP contribution in [0.25, 0.3) is 0 Å². The molecule has 2 rings (SSSR count). The first-order valence-corrected chi connectivity index (χ1v) is 15.6. The van der Waals surface area contributed by atoms with E-state index in [1.165, 1.54) is 0 Å². The van der Waals surface area contributed by atoms with Gasteiger partial charge in [-0.25, -0.2) is 4.79 Å². The standard InChI is InChI=1S/C33H54N4O5/c1-21(2)17-18-24(5)37(31(40)26(19-20-27(34)38)36-32(41)42-33(6,7)8)29(28-22(3)13-12-14-23(28)4)30(39)35-25-15-10-9-11-16-25/h12-14,21,24-26,29H,9-11,15-20H2,1-8H3,(H2,34,38)(H,35,39)(H,36,41). The van der Waals surface area contributed by atoms with Crippen molar-refractivity contribution in [1.29, 1.82) is 0 Å². The zero-order valence-electron chi connectivity index (χ0n) is 27.0. The van der Waals surface area contributed by atoms with Crippen LogP contribution < -0.4 is 16.4 Å².